The molecule has 1 aromatic carbocycles. The molecule has 0 fully saturated rings. The highest BCUT2D eigenvalue weighted by molar-refractivity contribution is 5.29. The van der Waals surface area contributed by atoms with Gasteiger partial charge in [-0.3, -0.25) is 0 Å². The van der Waals surface area contributed by atoms with Crippen molar-refractivity contribution in [3.05, 3.63) is 29.6 Å². The van der Waals surface area contributed by atoms with Gasteiger partial charge in [-0.1, -0.05) is 0 Å². The monoisotopic (exact) mass is 214 g/mol. The van der Waals surface area contributed by atoms with Crippen molar-refractivity contribution in [1.29, 1.82) is 0 Å². The lowest BCUT2D eigenvalue weighted by Crippen LogP contribution is -2.03. The van der Waals surface area contributed by atoms with Crippen LogP contribution >= 0.6 is 0 Å². The highest BCUT2D eigenvalue weighted by Crippen LogP contribution is 2.21. The summed E-state index contributed by atoms with van der Waals surface area (Å²) in [7, 11) is 0. The number of hydrogen-bond donors (Lipinski definition) is 1. The summed E-state index contributed by atoms with van der Waals surface area (Å²) in [4.78, 5) is 0. The van der Waals surface area contributed by atoms with Gasteiger partial charge in [0.2, 0.25) is 0 Å². The van der Waals surface area contributed by atoms with Gasteiger partial charge >= 0.3 is 0 Å². The van der Waals surface area contributed by atoms with E-state index < -0.39 is 11.9 Å². The van der Waals surface area contributed by atoms with Gasteiger partial charge in [0.25, 0.3) is 0 Å². The van der Waals surface area contributed by atoms with Gasteiger partial charge in [0.1, 0.15) is 11.6 Å². The third-order valence-corrected chi connectivity index (χ3v) is 1.94. The minimum Gasteiger partial charge on any atom is -0.467 e. The molecule has 1 rings (SSSR count). The van der Waals surface area contributed by atoms with Crippen molar-refractivity contribution >= 4 is 0 Å². The van der Waals surface area contributed by atoms with Gasteiger partial charge in [0, 0.05) is 18.2 Å². The molecule has 0 amide bonds. The third-order valence-electron chi connectivity index (χ3n) is 1.94. The summed E-state index contributed by atoms with van der Waals surface area (Å²) in [6, 6.07) is 4.34. The fourth-order valence-electron chi connectivity index (χ4n) is 1.13. The summed E-state index contributed by atoms with van der Waals surface area (Å²) < 4.78 is 23.4. The molecule has 0 unspecified atom stereocenters. The summed E-state index contributed by atoms with van der Waals surface area (Å²) >= 11 is 0. The molecule has 0 heterocycles. The standard InChI is InChI=1S/C11H15FO3/c1-3-14-7-15-9-4-5-10(8(2)13)11(12)6-9/h4-6,8,13H,3,7H2,1-2H3/t8-/m1/s1. The second kappa shape index (κ2) is 5.68. The number of aliphatic hydroxyl groups is 1. The molecule has 1 aromatic rings. The zero-order valence-electron chi connectivity index (χ0n) is 8.87. The Morgan fingerprint density at radius 2 is 2.20 bits per heavy atom. The second-order valence-corrected chi connectivity index (χ2v) is 3.11. The smallest absolute Gasteiger partial charge is 0.189 e. The van der Waals surface area contributed by atoms with E-state index in [2.05, 4.69) is 0 Å². The quantitative estimate of drug-likeness (QED) is 0.603. The van der Waals surface area contributed by atoms with Crippen LogP contribution in [0, 0.1) is 5.82 Å². The summed E-state index contributed by atoms with van der Waals surface area (Å²) in [5.41, 5.74) is 0.263. The van der Waals surface area contributed by atoms with Crippen LogP contribution in [0.15, 0.2) is 18.2 Å². The van der Waals surface area contributed by atoms with E-state index in [1.54, 1.807) is 6.07 Å². The van der Waals surface area contributed by atoms with E-state index in [0.717, 1.165) is 0 Å². The van der Waals surface area contributed by atoms with Crippen LogP contribution in [0.4, 0.5) is 4.39 Å². The SMILES string of the molecule is CCOCOc1ccc([C@@H](C)O)c(F)c1. The highest BCUT2D eigenvalue weighted by atomic mass is 19.1. The molecule has 0 radical (unpaired) electrons. The first kappa shape index (κ1) is 11.9. The van der Waals surface area contributed by atoms with Gasteiger partial charge in [-0.15, -0.1) is 0 Å². The van der Waals surface area contributed by atoms with E-state index in [0.29, 0.717) is 12.4 Å². The molecule has 0 aliphatic carbocycles. The minimum atomic E-state index is -0.814. The van der Waals surface area contributed by atoms with Crippen LogP contribution in [0.5, 0.6) is 5.75 Å². The van der Waals surface area contributed by atoms with Crippen molar-refractivity contribution < 1.29 is 19.0 Å². The maximum atomic E-state index is 13.3. The van der Waals surface area contributed by atoms with Gasteiger partial charge in [-0.05, 0) is 26.0 Å². The lowest BCUT2D eigenvalue weighted by atomic mass is 10.1. The number of benzene rings is 1. The van der Waals surface area contributed by atoms with Gasteiger partial charge in [0.15, 0.2) is 6.79 Å². The van der Waals surface area contributed by atoms with Crippen LogP contribution in [-0.2, 0) is 4.74 Å². The molecule has 15 heavy (non-hydrogen) atoms. The highest BCUT2D eigenvalue weighted by Gasteiger charge is 2.08. The van der Waals surface area contributed by atoms with E-state index in [9.17, 15) is 9.50 Å². The van der Waals surface area contributed by atoms with E-state index in [-0.39, 0.29) is 12.4 Å². The molecular formula is C11H15FO3. The van der Waals surface area contributed by atoms with Crippen LogP contribution in [0.25, 0.3) is 0 Å². The van der Waals surface area contributed by atoms with Crippen molar-refractivity contribution in [2.75, 3.05) is 13.4 Å². The normalized spacial score (nSPS) is 12.5. The Hall–Kier alpha value is -1.13. The zero-order chi connectivity index (χ0) is 11.3. The molecule has 0 bridgehead atoms. The average Bonchev–Trinajstić information content (AvgIpc) is 2.17. The predicted molar refractivity (Wildman–Crippen MR) is 54.2 cm³/mol. The average molecular weight is 214 g/mol. The fourth-order valence-corrected chi connectivity index (χ4v) is 1.13. The molecule has 0 aromatic heterocycles. The van der Waals surface area contributed by atoms with Crippen LogP contribution in [-0.4, -0.2) is 18.5 Å². The Labute approximate surface area is 88.4 Å². The van der Waals surface area contributed by atoms with Crippen molar-refractivity contribution in [2.45, 2.75) is 20.0 Å². The summed E-state index contributed by atoms with van der Waals surface area (Å²) in [6.07, 6.45) is -0.814. The number of halogens is 1. The first-order valence-electron chi connectivity index (χ1n) is 4.83. The molecule has 0 saturated carbocycles. The summed E-state index contributed by atoms with van der Waals surface area (Å²) in [5.74, 6) is -0.0793. The third kappa shape index (κ3) is 3.49. The first-order valence-corrected chi connectivity index (χ1v) is 4.83. The van der Waals surface area contributed by atoms with Gasteiger partial charge < -0.3 is 14.6 Å². The second-order valence-electron chi connectivity index (χ2n) is 3.11. The van der Waals surface area contributed by atoms with Gasteiger partial charge in [0.05, 0.1) is 6.10 Å². The summed E-state index contributed by atoms with van der Waals surface area (Å²) in [5, 5.41) is 9.20. The topological polar surface area (TPSA) is 38.7 Å². The number of aliphatic hydroxyl groups excluding tert-OH is 1. The molecule has 4 heteroatoms. The fraction of sp³-hybridized carbons (Fsp3) is 0.455. The molecule has 0 aliphatic heterocycles. The van der Waals surface area contributed by atoms with Crippen LogP contribution in [0.1, 0.15) is 25.5 Å². The Bertz CT molecular complexity index is 313. The van der Waals surface area contributed by atoms with Gasteiger partial charge in [-0.25, -0.2) is 4.39 Å². The zero-order valence-corrected chi connectivity index (χ0v) is 8.87. The van der Waals surface area contributed by atoms with Crippen molar-refractivity contribution in [2.24, 2.45) is 0 Å². The van der Waals surface area contributed by atoms with Crippen molar-refractivity contribution in [1.82, 2.24) is 0 Å². The van der Waals surface area contributed by atoms with Crippen LogP contribution < -0.4 is 4.74 Å². The molecule has 1 N–H and O–H groups in total. The molecule has 3 nitrogen and oxygen atoms in total. The summed E-state index contributed by atoms with van der Waals surface area (Å²) in [6.45, 7) is 4.01. The Kier molecular flexibility index (Phi) is 4.52. The molecular weight excluding hydrogens is 199 g/mol. The molecule has 0 spiro atoms. The maximum absolute atomic E-state index is 13.3. The largest absolute Gasteiger partial charge is 0.467 e. The Morgan fingerprint density at radius 3 is 2.73 bits per heavy atom. The van der Waals surface area contributed by atoms with Crippen molar-refractivity contribution in [3.63, 3.8) is 0 Å². The minimum absolute atomic E-state index is 0.101. The van der Waals surface area contributed by atoms with E-state index >= 15 is 0 Å². The van der Waals surface area contributed by atoms with E-state index in [1.165, 1.54) is 19.1 Å². The Morgan fingerprint density at radius 1 is 1.47 bits per heavy atom. The molecule has 84 valence electrons. The van der Waals surface area contributed by atoms with Gasteiger partial charge in [-0.2, -0.15) is 0 Å². The lowest BCUT2D eigenvalue weighted by molar-refractivity contribution is 0.0222. The number of rotatable bonds is 5. The lowest BCUT2D eigenvalue weighted by Gasteiger charge is -2.09. The molecule has 0 saturated heterocycles. The maximum Gasteiger partial charge on any atom is 0.189 e. The van der Waals surface area contributed by atoms with Crippen molar-refractivity contribution in [3.8, 4) is 5.75 Å². The predicted octanol–water partition coefficient (Wildman–Crippen LogP) is 2.25. The molecule has 1 atom stereocenters. The Balaban J connectivity index is 2.65. The number of hydrogen-bond acceptors (Lipinski definition) is 3. The van der Waals surface area contributed by atoms with E-state index in [4.69, 9.17) is 9.47 Å². The molecule has 0 aliphatic rings. The first-order chi connectivity index (χ1) is 7.15. The number of ether oxygens (including phenoxy) is 2. The van der Waals surface area contributed by atoms with Crippen LogP contribution in [0.3, 0.4) is 0 Å². The van der Waals surface area contributed by atoms with Crippen LogP contribution in [0.2, 0.25) is 0 Å². The van der Waals surface area contributed by atoms with E-state index in [1.807, 2.05) is 6.92 Å².